The number of carbonyl (C=O) groups is 2. The first-order valence-corrected chi connectivity index (χ1v) is 18.6. The van der Waals surface area contributed by atoms with Crippen molar-refractivity contribution in [1.29, 1.82) is 5.41 Å². The fraction of sp³-hybridized carbons (Fsp3) is 0.462. The van der Waals surface area contributed by atoms with E-state index in [1.807, 2.05) is 36.4 Å². The molecule has 0 radical (unpaired) electrons. The molecule has 2 saturated heterocycles. The summed E-state index contributed by atoms with van der Waals surface area (Å²) in [6, 6.07) is 21.0. The highest BCUT2D eigenvalue weighted by atomic mass is 35.6. The van der Waals surface area contributed by atoms with E-state index in [1.54, 1.807) is 57.5 Å². The van der Waals surface area contributed by atoms with Crippen molar-refractivity contribution in [2.24, 2.45) is 5.92 Å². The summed E-state index contributed by atoms with van der Waals surface area (Å²) in [7, 11) is 4.67. The Morgan fingerprint density at radius 3 is 1.70 bits per heavy atom. The number of nitrogens with one attached hydrogen (secondary N) is 1. The second-order valence-electron chi connectivity index (χ2n) is 12.9. The molecule has 2 fully saturated rings. The van der Waals surface area contributed by atoms with Gasteiger partial charge in [-0.15, -0.1) is 0 Å². The molecule has 3 aromatic rings. The first-order valence-electron chi connectivity index (χ1n) is 17.5. The first kappa shape index (κ1) is 43.3. The Bertz CT molecular complexity index is 1740. The van der Waals surface area contributed by atoms with Gasteiger partial charge in [0.25, 0.3) is 3.79 Å². The molecule has 0 spiro atoms. The monoisotopic (exact) mass is 839 g/mol. The van der Waals surface area contributed by atoms with Gasteiger partial charge < -0.3 is 52.1 Å². The van der Waals surface area contributed by atoms with E-state index >= 15 is 0 Å². The highest BCUT2D eigenvalue weighted by molar-refractivity contribution is 6.76. The first-order chi connectivity index (χ1) is 26.8. The van der Waals surface area contributed by atoms with E-state index in [0.717, 1.165) is 11.1 Å². The van der Waals surface area contributed by atoms with E-state index in [1.165, 1.54) is 14.0 Å². The Kier molecular flexibility index (Phi) is 15.5. The number of ether oxygens (including phenoxy) is 11. The zero-order valence-corrected chi connectivity index (χ0v) is 33.6. The number of hydrogen-bond acceptors (Lipinski definition) is 14. The summed E-state index contributed by atoms with van der Waals surface area (Å²) in [4.78, 5) is 26.3. The molecule has 2 aliphatic rings. The lowest BCUT2D eigenvalue weighted by Crippen LogP contribution is -2.61. The molecule has 0 bridgehead atoms. The Labute approximate surface area is 339 Å². The second-order valence-corrected chi connectivity index (χ2v) is 15.2. The molecule has 2 heterocycles. The summed E-state index contributed by atoms with van der Waals surface area (Å²) in [6.45, 7) is 3.19. The van der Waals surface area contributed by atoms with E-state index in [0.29, 0.717) is 17.2 Å². The molecule has 304 valence electrons. The molecule has 0 aliphatic carbocycles. The third-order valence-electron chi connectivity index (χ3n) is 8.94. The van der Waals surface area contributed by atoms with Crippen LogP contribution in [0.3, 0.4) is 0 Å². The van der Waals surface area contributed by atoms with Gasteiger partial charge in [0.2, 0.25) is 12.2 Å². The highest BCUT2D eigenvalue weighted by Crippen LogP contribution is 2.35. The van der Waals surface area contributed by atoms with E-state index in [9.17, 15) is 9.59 Å². The fourth-order valence-electron chi connectivity index (χ4n) is 5.97. The quantitative estimate of drug-likeness (QED) is 0.0772. The van der Waals surface area contributed by atoms with Crippen LogP contribution < -0.4 is 14.2 Å². The Balaban J connectivity index is 1.48. The van der Waals surface area contributed by atoms with Crippen molar-refractivity contribution < 1.29 is 61.7 Å². The van der Waals surface area contributed by atoms with Gasteiger partial charge in [0.15, 0.2) is 18.5 Å². The largest absolute Gasteiger partial charge is 0.497 e. The fourth-order valence-corrected chi connectivity index (χ4v) is 6.10. The summed E-state index contributed by atoms with van der Waals surface area (Å²) in [5.74, 6) is -0.729. The SMILES string of the molecule is COc1ccc(COC2COC(OC3C(C)COC(OC(=N)C(Cl)(Cl)Cl)C3OC(C)=O)C(OC(=O)c3ccc(OC)cc3)C2OCc2ccc(OC)cc2)cc1. The zero-order valence-electron chi connectivity index (χ0n) is 31.3. The summed E-state index contributed by atoms with van der Waals surface area (Å²) < 4.78 is 62.7. The third kappa shape index (κ3) is 11.6. The summed E-state index contributed by atoms with van der Waals surface area (Å²) in [6.07, 6.45) is -8.01. The second kappa shape index (κ2) is 20.0. The molecule has 8 atom stereocenters. The van der Waals surface area contributed by atoms with Gasteiger partial charge in [-0.25, -0.2) is 4.79 Å². The number of methoxy groups -OCH3 is 3. The van der Waals surface area contributed by atoms with Crippen LogP contribution in [0.4, 0.5) is 0 Å². The van der Waals surface area contributed by atoms with Gasteiger partial charge >= 0.3 is 11.9 Å². The number of alkyl halides is 3. The van der Waals surface area contributed by atoms with E-state index < -0.39 is 70.6 Å². The molecular formula is C39H44Cl3NO13. The van der Waals surface area contributed by atoms with Gasteiger partial charge in [0.1, 0.15) is 35.6 Å². The maximum atomic E-state index is 13.9. The molecule has 5 rings (SSSR count). The topological polar surface area (TPSA) is 160 Å². The molecule has 56 heavy (non-hydrogen) atoms. The number of rotatable bonds is 15. The number of hydrogen-bond donors (Lipinski definition) is 1. The highest BCUT2D eigenvalue weighted by Gasteiger charge is 2.51. The normalized spacial score (nSPS) is 25.1. The van der Waals surface area contributed by atoms with Crippen molar-refractivity contribution in [2.75, 3.05) is 34.5 Å². The minimum atomic E-state index is -2.23. The van der Waals surface area contributed by atoms with Crippen LogP contribution in [-0.4, -0.2) is 99.3 Å². The van der Waals surface area contributed by atoms with Gasteiger partial charge in [-0.05, 0) is 59.7 Å². The van der Waals surface area contributed by atoms with Gasteiger partial charge in [-0.2, -0.15) is 0 Å². The summed E-state index contributed by atoms with van der Waals surface area (Å²) in [5.41, 5.74) is 1.86. The lowest BCUT2D eigenvalue weighted by molar-refractivity contribution is -0.328. The summed E-state index contributed by atoms with van der Waals surface area (Å²) >= 11 is 17.6. The van der Waals surface area contributed by atoms with Crippen LogP contribution in [0.2, 0.25) is 0 Å². The molecule has 0 saturated carbocycles. The molecule has 1 N–H and O–H groups in total. The van der Waals surface area contributed by atoms with E-state index in [2.05, 4.69) is 0 Å². The molecule has 14 nitrogen and oxygen atoms in total. The van der Waals surface area contributed by atoms with E-state index in [4.69, 9.17) is 92.3 Å². The number of halogens is 3. The van der Waals surface area contributed by atoms with Crippen molar-refractivity contribution in [3.05, 3.63) is 89.5 Å². The smallest absolute Gasteiger partial charge is 0.338 e. The summed E-state index contributed by atoms with van der Waals surface area (Å²) in [5, 5.41) is 8.13. The van der Waals surface area contributed by atoms with Crippen molar-refractivity contribution in [2.45, 2.75) is 74.0 Å². The predicted molar refractivity (Wildman–Crippen MR) is 204 cm³/mol. The lowest BCUT2D eigenvalue weighted by atomic mass is 9.96. The van der Waals surface area contributed by atoms with Crippen molar-refractivity contribution in [1.82, 2.24) is 0 Å². The molecule has 0 aromatic heterocycles. The van der Waals surface area contributed by atoms with Gasteiger partial charge in [0.05, 0.1) is 53.3 Å². The minimum absolute atomic E-state index is 0.0221. The van der Waals surface area contributed by atoms with Gasteiger partial charge in [-0.1, -0.05) is 66.0 Å². The molecule has 2 aliphatic heterocycles. The Morgan fingerprint density at radius 2 is 1.18 bits per heavy atom. The maximum absolute atomic E-state index is 13.9. The van der Waals surface area contributed by atoms with Crippen LogP contribution in [0.1, 0.15) is 35.3 Å². The van der Waals surface area contributed by atoms with Crippen LogP contribution in [-0.2, 0) is 55.9 Å². The van der Waals surface area contributed by atoms with Crippen molar-refractivity contribution >= 4 is 52.6 Å². The predicted octanol–water partition coefficient (Wildman–Crippen LogP) is 6.44. The van der Waals surface area contributed by atoms with Crippen molar-refractivity contribution in [3.8, 4) is 17.2 Å². The Morgan fingerprint density at radius 1 is 0.679 bits per heavy atom. The standard InChI is InChI=1S/C39H44Cl3NO13/c1-22-18-51-37(56-38(43)39(40,41)42)33(53-23(2)44)31(22)55-36-34(54-35(45)26-10-16-29(48-5)17-11-26)32(50-20-25-8-14-28(47-4)15-9-25)30(21-52-36)49-19-24-6-12-27(46-3)13-7-24/h6-17,22,30-34,36-37,43H,18-21H2,1-5H3. The third-order valence-corrected chi connectivity index (χ3v) is 9.45. The maximum Gasteiger partial charge on any atom is 0.338 e. The average molecular weight is 841 g/mol. The van der Waals surface area contributed by atoms with Crippen LogP contribution in [0.25, 0.3) is 0 Å². The number of esters is 2. The van der Waals surface area contributed by atoms with Gasteiger partial charge in [-0.3, -0.25) is 10.2 Å². The number of benzene rings is 3. The van der Waals surface area contributed by atoms with E-state index in [-0.39, 0.29) is 32.0 Å². The number of carbonyl (C=O) groups excluding carboxylic acids is 2. The molecular weight excluding hydrogens is 797 g/mol. The van der Waals surface area contributed by atoms with Crippen LogP contribution >= 0.6 is 34.8 Å². The van der Waals surface area contributed by atoms with Crippen LogP contribution in [0, 0.1) is 11.3 Å². The lowest BCUT2D eigenvalue weighted by Gasteiger charge is -2.45. The van der Waals surface area contributed by atoms with Crippen LogP contribution in [0.5, 0.6) is 17.2 Å². The molecule has 8 unspecified atom stereocenters. The van der Waals surface area contributed by atoms with Gasteiger partial charge in [0, 0.05) is 12.8 Å². The molecule has 3 aromatic carbocycles. The van der Waals surface area contributed by atoms with Crippen molar-refractivity contribution in [3.63, 3.8) is 0 Å². The minimum Gasteiger partial charge on any atom is -0.497 e. The van der Waals surface area contributed by atoms with Crippen LogP contribution in [0.15, 0.2) is 72.8 Å². The Hall–Kier alpha value is -3.86. The average Bonchev–Trinajstić information content (AvgIpc) is 3.19. The molecule has 17 heteroatoms. The molecule has 0 amide bonds. The zero-order chi connectivity index (χ0) is 40.4.